The Hall–Kier alpha value is -0.160. The third-order valence-corrected chi connectivity index (χ3v) is 3.67. The molecule has 4 N–H and O–H groups in total. The highest BCUT2D eigenvalue weighted by molar-refractivity contribution is 4.99. The Bertz CT molecular complexity index is 190. The van der Waals surface area contributed by atoms with Crippen molar-refractivity contribution in [2.24, 2.45) is 5.73 Å². The minimum Gasteiger partial charge on any atom is -0.396 e. The van der Waals surface area contributed by atoms with Gasteiger partial charge in [-0.25, -0.2) is 0 Å². The lowest BCUT2D eigenvalue weighted by atomic mass is 9.79. The van der Waals surface area contributed by atoms with Crippen LogP contribution >= 0.6 is 0 Å². The second-order valence-electron chi connectivity index (χ2n) is 4.69. The second-order valence-corrected chi connectivity index (χ2v) is 4.69. The molecule has 0 heterocycles. The fraction of sp³-hybridized carbons (Fsp3) is 1.00. The molecule has 0 amide bonds. The van der Waals surface area contributed by atoms with E-state index >= 15 is 0 Å². The minimum absolute atomic E-state index is 0.0392. The van der Waals surface area contributed by atoms with E-state index in [0.29, 0.717) is 6.54 Å². The maximum Gasteiger partial charge on any atom is 0.0765 e. The Balaban J connectivity index is 2.45. The van der Waals surface area contributed by atoms with Crippen LogP contribution in [0, 0.1) is 0 Å². The van der Waals surface area contributed by atoms with Crippen molar-refractivity contribution < 1.29 is 9.84 Å². The summed E-state index contributed by atoms with van der Waals surface area (Å²) in [6.45, 7) is 1.81. The lowest BCUT2D eigenvalue weighted by Gasteiger charge is -2.43. The van der Waals surface area contributed by atoms with Crippen LogP contribution in [-0.2, 0) is 4.74 Å². The molecule has 1 aliphatic rings. The fourth-order valence-corrected chi connectivity index (χ4v) is 2.63. The molecule has 1 fully saturated rings. The van der Waals surface area contributed by atoms with Crippen molar-refractivity contribution in [3.63, 3.8) is 0 Å². The zero-order valence-corrected chi connectivity index (χ0v) is 10.4. The minimum atomic E-state index is -0.0392. The monoisotopic (exact) mass is 230 g/mol. The molecule has 2 atom stereocenters. The standard InChI is InChI=1S/C12H26N2O2/c1-16-11-6-2-3-7-12(11,10-13)14-8-4-5-9-15/h11,14-15H,2-10,13H2,1H3. The summed E-state index contributed by atoms with van der Waals surface area (Å²) in [5.74, 6) is 0. The maximum atomic E-state index is 8.75. The number of methoxy groups -OCH3 is 1. The Morgan fingerprint density at radius 3 is 2.88 bits per heavy atom. The first kappa shape index (κ1) is 13.9. The highest BCUT2D eigenvalue weighted by Crippen LogP contribution is 2.29. The van der Waals surface area contributed by atoms with Gasteiger partial charge in [-0.15, -0.1) is 0 Å². The highest BCUT2D eigenvalue weighted by Gasteiger charge is 2.39. The van der Waals surface area contributed by atoms with Crippen LogP contribution in [0.15, 0.2) is 0 Å². The van der Waals surface area contributed by atoms with Crippen molar-refractivity contribution in [2.75, 3.05) is 26.8 Å². The number of nitrogens with two attached hydrogens (primary N) is 1. The van der Waals surface area contributed by atoms with Crippen LogP contribution in [-0.4, -0.2) is 43.6 Å². The quantitative estimate of drug-likeness (QED) is 0.561. The smallest absolute Gasteiger partial charge is 0.0765 e. The number of unbranched alkanes of at least 4 members (excludes halogenated alkanes) is 1. The summed E-state index contributed by atoms with van der Waals surface area (Å²) < 4.78 is 5.56. The number of nitrogens with one attached hydrogen (secondary N) is 1. The predicted molar refractivity (Wildman–Crippen MR) is 65.4 cm³/mol. The number of ether oxygens (including phenoxy) is 1. The van der Waals surface area contributed by atoms with E-state index in [2.05, 4.69) is 5.32 Å². The molecule has 0 aromatic heterocycles. The SMILES string of the molecule is COC1CCCCC1(CN)NCCCCO. The molecule has 2 unspecified atom stereocenters. The third-order valence-electron chi connectivity index (χ3n) is 3.67. The van der Waals surface area contributed by atoms with E-state index in [-0.39, 0.29) is 18.2 Å². The summed E-state index contributed by atoms with van der Waals surface area (Å²) in [7, 11) is 1.77. The predicted octanol–water partition coefficient (Wildman–Crippen LogP) is 0.635. The molecule has 0 spiro atoms. The second kappa shape index (κ2) is 7.22. The van der Waals surface area contributed by atoms with E-state index in [1.165, 1.54) is 12.8 Å². The Morgan fingerprint density at radius 2 is 2.25 bits per heavy atom. The Labute approximate surface area is 98.5 Å². The number of rotatable bonds is 7. The zero-order chi connectivity index (χ0) is 11.9. The largest absolute Gasteiger partial charge is 0.396 e. The molecule has 0 aliphatic heterocycles. The first-order valence-electron chi connectivity index (χ1n) is 6.38. The van der Waals surface area contributed by atoms with Gasteiger partial charge in [0.25, 0.3) is 0 Å². The molecule has 16 heavy (non-hydrogen) atoms. The van der Waals surface area contributed by atoms with E-state index < -0.39 is 0 Å². The molecule has 96 valence electrons. The Kier molecular flexibility index (Phi) is 6.28. The van der Waals surface area contributed by atoms with E-state index in [9.17, 15) is 0 Å². The van der Waals surface area contributed by atoms with E-state index in [0.717, 1.165) is 32.2 Å². The van der Waals surface area contributed by atoms with Crippen LogP contribution in [0.1, 0.15) is 38.5 Å². The molecule has 0 radical (unpaired) electrons. The summed E-state index contributed by atoms with van der Waals surface area (Å²) in [5.41, 5.74) is 5.89. The maximum absolute atomic E-state index is 8.75. The van der Waals surface area contributed by atoms with Gasteiger partial charge in [-0.05, 0) is 32.2 Å². The molecule has 0 aromatic rings. The van der Waals surface area contributed by atoms with Gasteiger partial charge in [0.2, 0.25) is 0 Å². The van der Waals surface area contributed by atoms with Gasteiger partial charge in [0.1, 0.15) is 0 Å². The number of hydrogen-bond acceptors (Lipinski definition) is 4. The topological polar surface area (TPSA) is 67.5 Å². The van der Waals surface area contributed by atoms with Crippen molar-refractivity contribution in [1.82, 2.24) is 5.32 Å². The molecule has 0 aromatic carbocycles. The van der Waals surface area contributed by atoms with Gasteiger partial charge < -0.3 is 20.9 Å². The number of hydrogen-bond donors (Lipinski definition) is 3. The summed E-state index contributed by atoms with van der Waals surface area (Å²) in [5, 5.41) is 12.3. The number of aliphatic hydroxyl groups excluding tert-OH is 1. The van der Waals surface area contributed by atoms with E-state index in [4.69, 9.17) is 15.6 Å². The van der Waals surface area contributed by atoms with E-state index in [1.54, 1.807) is 7.11 Å². The molecule has 0 saturated heterocycles. The van der Waals surface area contributed by atoms with Crippen LogP contribution in [0.3, 0.4) is 0 Å². The van der Waals surface area contributed by atoms with Crippen LogP contribution in [0.2, 0.25) is 0 Å². The zero-order valence-electron chi connectivity index (χ0n) is 10.4. The van der Waals surface area contributed by atoms with Gasteiger partial charge in [-0.3, -0.25) is 0 Å². The average molecular weight is 230 g/mol. The highest BCUT2D eigenvalue weighted by atomic mass is 16.5. The van der Waals surface area contributed by atoms with Gasteiger partial charge in [-0.2, -0.15) is 0 Å². The summed E-state index contributed by atoms with van der Waals surface area (Å²) in [6, 6.07) is 0. The molecule has 1 rings (SSSR count). The van der Waals surface area contributed by atoms with Crippen molar-refractivity contribution >= 4 is 0 Å². The molecular formula is C12H26N2O2. The van der Waals surface area contributed by atoms with Gasteiger partial charge in [0.05, 0.1) is 11.6 Å². The fourth-order valence-electron chi connectivity index (χ4n) is 2.63. The van der Waals surface area contributed by atoms with Crippen molar-refractivity contribution in [3.05, 3.63) is 0 Å². The van der Waals surface area contributed by atoms with Gasteiger partial charge in [0, 0.05) is 20.3 Å². The van der Waals surface area contributed by atoms with Crippen molar-refractivity contribution in [2.45, 2.75) is 50.2 Å². The molecular weight excluding hydrogens is 204 g/mol. The first-order chi connectivity index (χ1) is 7.79. The molecule has 4 heteroatoms. The summed E-state index contributed by atoms with van der Waals surface area (Å²) >= 11 is 0. The van der Waals surface area contributed by atoms with Crippen LogP contribution < -0.4 is 11.1 Å². The van der Waals surface area contributed by atoms with Crippen LogP contribution in [0.5, 0.6) is 0 Å². The Morgan fingerprint density at radius 1 is 1.44 bits per heavy atom. The van der Waals surface area contributed by atoms with Gasteiger partial charge in [0.15, 0.2) is 0 Å². The van der Waals surface area contributed by atoms with Crippen molar-refractivity contribution in [3.8, 4) is 0 Å². The normalized spacial score (nSPS) is 30.6. The molecule has 0 bridgehead atoms. The van der Waals surface area contributed by atoms with Crippen molar-refractivity contribution in [1.29, 1.82) is 0 Å². The van der Waals surface area contributed by atoms with E-state index in [1.807, 2.05) is 0 Å². The number of aliphatic hydroxyl groups is 1. The summed E-state index contributed by atoms with van der Waals surface area (Å²) in [4.78, 5) is 0. The third kappa shape index (κ3) is 3.42. The van der Waals surface area contributed by atoms with Crippen LogP contribution in [0.25, 0.3) is 0 Å². The molecule has 1 aliphatic carbocycles. The molecule has 1 saturated carbocycles. The lowest BCUT2D eigenvalue weighted by molar-refractivity contribution is -0.00854. The van der Waals surface area contributed by atoms with Gasteiger partial charge >= 0.3 is 0 Å². The van der Waals surface area contributed by atoms with Gasteiger partial charge in [-0.1, -0.05) is 12.8 Å². The van der Waals surface area contributed by atoms with Crippen LogP contribution in [0.4, 0.5) is 0 Å². The first-order valence-corrected chi connectivity index (χ1v) is 6.38. The average Bonchev–Trinajstić information content (AvgIpc) is 2.35. The summed E-state index contributed by atoms with van der Waals surface area (Å²) in [6.07, 6.45) is 6.74. The molecule has 4 nitrogen and oxygen atoms in total. The lowest BCUT2D eigenvalue weighted by Crippen LogP contribution is -2.61.